The fourth-order valence-corrected chi connectivity index (χ4v) is 3.75. The van der Waals surface area contributed by atoms with Gasteiger partial charge in [-0.05, 0) is 27.7 Å². The third-order valence-electron chi connectivity index (χ3n) is 1.52. The van der Waals surface area contributed by atoms with Crippen molar-refractivity contribution in [3.8, 4) is 11.3 Å². The highest BCUT2D eigenvalue weighted by atomic mass is 31.2. The molecule has 0 fully saturated rings. The standard InChI is InChI=1S/C10H20O6P2/c1-5-13-17(11,14-6-2)9-10-18(12,15-7-3)16-8-4/h5-8H2,1-4H3. The van der Waals surface area contributed by atoms with Crippen molar-refractivity contribution in [2.45, 2.75) is 27.7 Å². The topological polar surface area (TPSA) is 71.1 Å². The maximum atomic E-state index is 12.0. The molecular weight excluding hydrogens is 278 g/mol. The van der Waals surface area contributed by atoms with Crippen LogP contribution in [-0.2, 0) is 27.2 Å². The fraction of sp³-hybridized carbons (Fsp3) is 0.800. The molecule has 0 aromatic rings. The molecule has 18 heavy (non-hydrogen) atoms. The molecule has 0 saturated heterocycles. The molecule has 0 aliphatic rings. The first-order valence-corrected chi connectivity index (χ1v) is 8.86. The molecule has 0 bridgehead atoms. The van der Waals surface area contributed by atoms with Gasteiger partial charge < -0.3 is 0 Å². The van der Waals surface area contributed by atoms with E-state index in [1.54, 1.807) is 27.7 Å². The first-order chi connectivity index (χ1) is 8.45. The van der Waals surface area contributed by atoms with Crippen LogP contribution in [0.2, 0.25) is 0 Å². The van der Waals surface area contributed by atoms with Crippen LogP contribution in [0.3, 0.4) is 0 Å². The lowest BCUT2D eigenvalue weighted by Gasteiger charge is -2.12. The minimum atomic E-state index is -3.56. The maximum Gasteiger partial charge on any atom is 0.406 e. The smallest absolute Gasteiger partial charge is 0.300 e. The molecule has 0 rings (SSSR count). The second kappa shape index (κ2) is 8.87. The Kier molecular flexibility index (Phi) is 8.81. The van der Waals surface area contributed by atoms with E-state index in [4.69, 9.17) is 18.1 Å². The number of hydrogen-bond acceptors (Lipinski definition) is 6. The average molecular weight is 298 g/mol. The van der Waals surface area contributed by atoms with Gasteiger partial charge in [0.05, 0.1) is 26.4 Å². The molecule has 6 nitrogen and oxygen atoms in total. The molecule has 0 aromatic carbocycles. The molecule has 106 valence electrons. The predicted octanol–water partition coefficient (Wildman–Crippen LogP) is 3.44. The van der Waals surface area contributed by atoms with Crippen LogP contribution in [0.4, 0.5) is 0 Å². The normalized spacial score (nSPS) is 12.0. The molecule has 0 aromatic heterocycles. The Hall–Kier alpha value is -0.140. The van der Waals surface area contributed by atoms with Crippen molar-refractivity contribution in [1.29, 1.82) is 0 Å². The molecule has 0 atom stereocenters. The highest BCUT2D eigenvalue weighted by molar-refractivity contribution is 7.63. The lowest BCUT2D eigenvalue weighted by atomic mass is 10.9. The lowest BCUT2D eigenvalue weighted by Crippen LogP contribution is -1.95. The Labute approximate surface area is 108 Å². The molecular formula is C10H20O6P2. The van der Waals surface area contributed by atoms with E-state index in [0.29, 0.717) is 0 Å². The van der Waals surface area contributed by atoms with Crippen LogP contribution >= 0.6 is 15.2 Å². The van der Waals surface area contributed by atoms with E-state index in [2.05, 4.69) is 11.3 Å². The summed E-state index contributed by atoms with van der Waals surface area (Å²) in [4.78, 5) is 0. The Morgan fingerprint density at radius 2 is 0.889 bits per heavy atom. The summed E-state index contributed by atoms with van der Waals surface area (Å²) in [5.41, 5.74) is 4.51. The average Bonchev–Trinajstić information content (AvgIpc) is 2.28. The van der Waals surface area contributed by atoms with Gasteiger partial charge in [0, 0.05) is 11.3 Å². The molecule has 0 unspecified atom stereocenters. The van der Waals surface area contributed by atoms with Crippen molar-refractivity contribution >= 4 is 15.2 Å². The molecule has 0 aliphatic heterocycles. The van der Waals surface area contributed by atoms with Crippen molar-refractivity contribution in [3.63, 3.8) is 0 Å². The highest BCUT2D eigenvalue weighted by Crippen LogP contribution is 2.51. The molecule has 0 radical (unpaired) electrons. The summed E-state index contributed by atoms with van der Waals surface area (Å²) in [6.07, 6.45) is 0. The Balaban J connectivity index is 5.05. The van der Waals surface area contributed by atoms with Gasteiger partial charge in [0.15, 0.2) is 0 Å². The van der Waals surface area contributed by atoms with Crippen molar-refractivity contribution < 1.29 is 27.2 Å². The Morgan fingerprint density at radius 1 is 0.667 bits per heavy atom. The first kappa shape index (κ1) is 17.9. The number of hydrogen-bond donors (Lipinski definition) is 0. The van der Waals surface area contributed by atoms with Gasteiger partial charge in [-0.3, -0.25) is 18.1 Å². The van der Waals surface area contributed by atoms with Crippen molar-refractivity contribution in [1.82, 2.24) is 0 Å². The van der Waals surface area contributed by atoms with Crippen LogP contribution < -0.4 is 0 Å². The van der Waals surface area contributed by atoms with E-state index < -0.39 is 15.2 Å². The molecule has 0 amide bonds. The highest BCUT2D eigenvalue weighted by Gasteiger charge is 2.25. The zero-order valence-corrected chi connectivity index (χ0v) is 13.0. The van der Waals surface area contributed by atoms with Crippen molar-refractivity contribution in [2.75, 3.05) is 26.4 Å². The minimum Gasteiger partial charge on any atom is -0.300 e. The van der Waals surface area contributed by atoms with Crippen LogP contribution in [0.5, 0.6) is 0 Å². The SMILES string of the molecule is CCOP(=O)(C#CP(=O)(OCC)OCC)OCC. The zero-order chi connectivity index (χ0) is 14.1. The van der Waals surface area contributed by atoms with Crippen LogP contribution in [0.25, 0.3) is 0 Å². The second-order valence-electron chi connectivity index (χ2n) is 2.89. The Bertz CT molecular complexity index is 330. The van der Waals surface area contributed by atoms with Crippen LogP contribution in [-0.4, -0.2) is 26.4 Å². The molecule has 0 spiro atoms. The summed E-state index contributed by atoms with van der Waals surface area (Å²) < 4.78 is 43.8. The Morgan fingerprint density at radius 3 is 1.06 bits per heavy atom. The van der Waals surface area contributed by atoms with E-state index in [-0.39, 0.29) is 26.4 Å². The van der Waals surface area contributed by atoms with Gasteiger partial charge in [-0.2, -0.15) is 0 Å². The van der Waals surface area contributed by atoms with E-state index in [1.807, 2.05) is 0 Å². The summed E-state index contributed by atoms with van der Waals surface area (Å²) in [6.45, 7) is 7.38. The monoisotopic (exact) mass is 298 g/mol. The van der Waals surface area contributed by atoms with Gasteiger partial charge in [-0.1, -0.05) is 0 Å². The zero-order valence-electron chi connectivity index (χ0n) is 11.2. The molecule has 0 aliphatic carbocycles. The molecule has 0 N–H and O–H groups in total. The third kappa shape index (κ3) is 6.70. The predicted molar refractivity (Wildman–Crippen MR) is 69.5 cm³/mol. The van der Waals surface area contributed by atoms with E-state index >= 15 is 0 Å². The second-order valence-corrected chi connectivity index (χ2v) is 6.36. The molecule has 0 saturated carbocycles. The van der Waals surface area contributed by atoms with E-state index in [1.165, 1.54) is 0 Å². The largest absolute Gasteiger partial charge is 0.406 e. The van der Waals surface area contributed by atoms with Gasteiger partial charge in [-0.25, -0.2) is 9.13 Å². The maximum absolute atomic E-state index is 12.0. The fourth-order valence-electron chi connectivity index (χ4n) is 1.01. The quantitative estimate of drug-likeness (QED) is 0.505. The molecule has 8 heteroatoms. The lowest BCUT2D eigenvalue weighted by molar-refractivity contribution is 0.227. The van der Waals surface area contributed by atoms with Crippen LogP contribution in [0.1, 0.15) is 27.7 Å². The summed E-state index contributed by atoms with van der Waals surface area (Å²) in [5, 5.41) is 0. The summed E-state index contributed by atoms with van der Waals surface area (Å²) in [5.74, 6) is 0. The van der Waals surface area contributed by atoms with Gasteiger partial charge in [0.1, 0.15) is 0 Å². The van der Waals surface area contributed by atoms with Gasteiger partial charge in [0.25, 0.3) is 0 Å². The van der Waals surface area contributed by atoms with Crippen molar-refractivity contribution in [3.05, 3.63) is 0 Å². The first-order valence-electron chi connectivity index (χ1n) is 5.78. The van der Waals surface area contributed by atoms with Gasteiger partial charge in [-0.15, -0.1) is 0 Å². The van der Waals surface area contributed by atoms with Gasteiger partial charge in [0.2, 0.25) is 0 Å². The van der Waals surface area contributed by atoms with Crippen LogP contribution in [0.15, 0.2) is 0 Å². The van der Waals surface area contributed by atoms with E-state index in [0.717, 1.165) is 0 Å². The summed E-state index contributed by atoms with van der Waals surface area (Å²) >= 11 is 0. The number of rotatable bonds is 8. The minimum absolute atomic E-state index is 0.180. The summed E-state index contributed by atoms with van der Waals surface area (Å²) in [7, 11) is -7.11. The van der Waals surface area contributed by atoms with Crippen LogP contribution in [0, 0.1) is 11.3 Å². The molecule has 0 heterocycles. The van der Waals surface area contributed by atoms with Crippen molar-refractivity contribution in [2.24, 2.45) is 0 Å². The van der Waals surface area contributed by atoms with Gasteiger partial charge >= 0.3 is 15.2 Å². The third-order valence-corrected chi connectivity index (χ3v) is 4.86. The summed E-state index contributed by atoms with van der Waals surface area (Å²) in [6, 6.07) is 0. The van der Waals surface area contributed by atoms with E-state index in [9.17, 15) is 9.13 Å².